The second-order valence-electron chi connectivity index (χ2n) is 6.07. The number of rotatable bonds is 6. The molecule has 114 valence electrons. The summed E-state index contributed by atoms with van der Waals surface area (Å²) in [4.78, 5) is 14.9. The minimum absolute atomic E-state index is 0.338. The maximum Gasteiger partial charge on any atom is 0.144 e. The molecule has 0 aliphatic heterocycles. The molecule has 0 saturated carbocycles. The van der Waals surface area contributed by atoms with Gasteiger partial charge >= 0.3 is 0 Å². The van der Waals surface area contributed by atoms with Crippen molar-refractivity contribution < 1.29 is 9.53 Å². The number of allylic oxidation sites excluding steroid dienone is 1. The first-order valence-corrected chi connectivity index (χ1v) is 7.50. The summed E-state index contributed by atoms with van der Waals surface area (Å²) < 4.78 is 5.37. The Hall–Kier alpha value is -1.61. The largest absolute Gasteiger partial charge is 0.497 e. The lowest BCUT2D eigenvalue weighted by Crippen LogP contribution is -2.42. The zero-order valence-electron chi connectivity index (χ0n) is 13.3. The smallest absolute Gasteiger partial charge is 0.144 e. The van der Waals surface area contributed by atoms with Crippen molar-refractivity contribution in [2.45, 2.75) is 31.1 Å². The van der Waals surface area contributed by atoms with Crippen molar-refractivity contribution in [3.05, 3.63) is 42.0 Å². The number of fused-ring (bicyclic) bond motifs is 1. The average Bonchev–Trinajstić information content (AvgIpc) is 2.48. The van der Waals surface area contributed by atoms with E-state index >= 15 is 0 Å². The van der Waals surface area contributed by atoms with Crippen molar-refractivity contribution in [3.63, 3.8) is 0 Å². The zero-order chi connectivity index (χ0) is 15.5. The van der Waals surface area contributed by atoms with Gasteiger partial charge in [0.2, 0.25) is 0 Å². The summed E-state index contributed by atoms with van der Waals surface area (Å²) in [5.41, 5.74) is 1.98. The molecule has 21 heavy (non-hydrogen) atoms. The number of ether oxygens (including phenoxy) is 1. The number of nitrogens with zero attached hydrogens (tertiary/aromatic N) is 1. The van der Waals surface area contributed by atoms with Gasteiger partial charge in [0, 0.05) is 6.42 Å². The molecule has 0 fully saturated rings. The van der Waals surface area contributed by atoms with Gasteiger partial charge in [-0.3, -0.25) is 4.79 Å². The van der Waals surface area contributed by atoms with Crippen molar-refractivity contribution in [1.82, 2.24) is 4.90 Å². The monoisotopic (exact) mass is 287 g/mol. The molecular formula is C18H25NO2. The number of ketones is 1. The second kappa shape index (κ2) is 6.44. The Kier molecular flexibility index (Phi) is 4.84. The molecule has 1 unspecified atom stereocenters. The molecular weight excluding hydrogens is 262 g/mol. The quantitative estimate of drug-likeness (QED) is 0.753. The Morgan fingerprint density at radius 2 is 2.14 bits per heavy atom. The van der Waals surface area contributed by atoms with Gasteiger partial charge in [0.15, 0.2) is 0 Å². The fourth-order valence-electron chi connectivity index (χ4n) is 3.24. The Labute approximate surface area is 127 Å². The summed E-state index contributed by atoms with van der Waals surface area (Å²) in [5, 5.41) is 0. The van der Waals surface area contributed by atoms with Crippen LogP contribution in [0, 0.1) is 0 Å². The van der Waals surface area contributed by atoms with Crippen LogP contribution in [0.3, 0.4) is 0 Å². The lowest BCUT2D eigenvalue weighted by atomic mass is 9.65. The average molecular weight is 287 g/mol. The van der Waals surface area contributed by atoms with E-state index < -0.39 is 5.41 Å². The first kappa shape index (κ1) is 15.8. The second-order valence-corrected chi connectivity index (χ2v) is 6.07. The molecule has 1 aromatic rings. The van der Waals surface area contributed by atoms with E-state index in [9.17, 15) is 4.79 Å². The van der Waals surface area contributed by atoms with Crippen LogP contribution in [-0.4, -0.2) is 38.4 Å². The maximum atomic E-state index is 12.8. The number of carbonyl (C=O) groups excluding carboxylic acids is 1. The highest BCUT2D eigenvalue weighted by Crippen LogP contribution is 2.42. The molecule has 0 saturated heterocycles. The molecule has 1 aliphatic carbocycles. The summed E-state index contributed by atoms with van der Waals surface area (Å²) in [6.07, 6.45) is 4.85. The van der Waals surface area contributed by atoms with E-state index in [0.717, 1.165) is 30.7 Å². The van der Waals surface area contributed by atoms with Crippen LogP contribution in [0.25, 0.3) is 0 Å². The maximum absolute atomic E-state index is 12.8. The number of benzene rings is 1. The van der Waals surface area contributed by atoms with Crippen LogP contribution in [0.5, 0.6) is 5.75 Å². The van der Waals surface area contributed by atoms with Crippen molar-refractivity contribution in [3.8, 4) is 5.75 Å². The van der Waals surface area contributed by atoms with E-state index in [1.165, 1.54) is 5.56 Å². The SMILES string of the molecule is C=CCC1(CCN(C)C)C(=O)CCc2ccc(OC)cc21. The summed E-state index contributed by atoms with van der Waals surface area (Å²) in [6, 6.07) is 6.14. The number of aryl methyl sites for hydroxylation is 1. The molecule has 0 aromatic heterocycles. The molecule has 3 nitrogen and oxygen atoms in total. The number of Topliss-reactive ketones (excluding diaryl/α,β-unsaturated/α-hetero) is 1. The standard InChI is InChI=1S/C18H25NO2/c1-5-10-18(11-12-19(2)3)16-13-15(21-4)8-6-14(16)7-9-17(18)20/h5-6,8,13H,1,7,9-12H2,2-4H3. The summed E-state index contributed by atoms with van der Waals surface area (Å²) in [7, 11) is 5.75. The Morgan fingerprint density at radius 3 is 2.76 bits per heavy atom. The molecule has 0 N–H and O–H groups in total. The molecule has 0 bridgehead atoms. The Bertz CT molecular complexity index is 536. The van der Waals surface area contributed by atoms with Crippen LogP contribution >= 0.6 is 0 Å². The number of hydrogen-bond donors (Lipinski definition) is 0. The van der Waals surface area contributed by atoms with E-state index in [1.807, 2.05) is 32.3 Å². The molecule has 0 amide bonds. The molecule has 0 radical (unpaired) electrons. The molecule has 0 heterocycles. The zero-order valence-corrected chi connectivity index (χ0v) is 13.3. The van der Waals surface area contributed by atoms with Crippen LogP contribution in [0.1, 0.15) is 30.4 Å². The van der Waals surface area contributed by atoms with Crippen molar-refractivity contribution >= 4 is 5.78 Å². The summed E-state index contributed by atoms with van der Waals surface area (Å²) in [5.74, 6) is 1.16. The van der Waals surface area contributed by atoms with Gasteiger partial charge in [-0.1, -0.05) is 12.1 Å². The van der Waals surface area contributed by atoms with Crippen LogP contribution in [0.2, 0.25) is 0 Å². The van der Waals surface area contributed by atoms with E-state index in [1.54, 1.807) is 7.11 Å². The molecule has 1 aromatic carbocycles. The van der Waals surface area contributed by atoms with Gasteiger partial charge in [-0.15, -0.1) is 6.58 Å². The van der Waals surface area contributed by atoms with Gasteiger partial charge in [0.25, 0.3) is 0 Å². The predicted octanol–water partition coefficient (Wildman–Crippen LogP) is 2.98. The molecule has 2 rings (SSSR count). The van der Waals surface area contributed by atoms with E-state index in [0.29, 0.717) is 18.6 Å². The van der Waals surface area contributed by atoms with Crippen LogP contribution in [0.4, 0.5) is 0 Å². The first-order chi connectivity index (χ1) is 10.0. The van der Waals surface area contributed by atoms with Crippen LogP contribution in [0.15, 0.2) is 30.9 Å². The summed E-state index contributed by atoms with van der Waals surface area (Å²) in [6.45, 7) is 4.76. The minimum atomic E-state index is -0.436. The normalized spacial score (nSPS) is 21.2. The highest BCUT2D eigenvalue weighted by atomic mass is 16.5. The van der Waals surface area contributed by atoms with Crippen molar-refractivity contribution in [1.29, 1.82) is 0 Å². The first-order valence-electron chi connectivity index (χ1n) is 7.50. The predicted molar refractivity (Wildman–Crippen MR) is 86.0 cm³/mol. The number of carbonyl (C=O) groups is 1. The van der Waals surface area contributed by atoms with Crippen molar-refractivity contribution in [2.75, 3.05) is 27.7 Å². The summed E-state index contributed by atoms with van der Waals surface area (Å²) >= 11 is 0. The van der Waals surface area contributed by atoms with E-state index in [2.05, 4.69) is 17.5 Å². The number of methoxy groups -OCH3 is 1. The Balaban J connectivity index is 2.51. The van der Waals surface area contributed by atoms with Crippen molar-refractivity contribution in [2.24, 2.45) is 0 Å². The third kappa shape index (κ3) is 3.03. The van der Waals surface area contributed by atoms with Gasteiger partial charge < -0.3 is 9.64 Å². The number of hydrogen-bond acceptors (Lipinski definition) is 3. The van der Waals surface area contributed by atoms with Gasteiger partial charge in [-0.2, -0.15) is 0 Å². The fraction of sp³-hybridized carbons (Fsp3) is 0.500. The lowest BCUT2D eigenvalue weighted by molar-refractivity contribution is -0.125. The molecule has 1 aliphatic rings. The third-order valence-corrected chi connectivity index (χ3v) is 4.47. The van der Waals surface area contributed by atoms with Gasteiger partial charge in [0.05, 0.1) is 12.5 Å². The van der Waals surface area contributed by atoms with Crippen LogP contribution < -0.4 is 4.74 Å². The van der Waals surface area contributed by atoms with Gasteiger partial charge in [0.1, 0.15) is 11.5 Å². The van der Waals surface area contributed by atoms with E-state index in [-0.39, 0.29) is 0 Å². The molecule has 0 spiro atoms. The molecule has 3 heteroatoms. The Morgan fingerprint density at radius 1 is 1.38 bits per heavy atom. The van der Waals surface area contributed by atoms with E-state index in [4.69, 9.17) is 4.74 Å². The molecule has 1 atom stereocenters. The highest BCUT2D eigenvalue weighted by molar-refractivity contribution is 5.92. The van der Waals surface area contributed by atoms with Crippen LogP contribution in [-0.2, 0) is 16.6 Å². The minimum Gasteiger partial charge on any atom is -0.497 e. The van der Waals surface area contributed by atoms with Gasteiger partial charge in [-0.25, -0.2) is 0 Å². The third-order valence-electron chi connectivity index (χ3n) is 4.47. The van der Waals surface area contributed by atoms with Gasteiger partial charge in [-0.05, 0) is 63.2 Å². The lowest BCUT2D eigenvalue weighted by Gasteiger charge is -2.38. The fourth-order valence-corrected chi connectivity index (χ4v) is 3.24. The topological polar surface area (TPSA) is 29.5 Å². The highest BCUT2D eigenvalue weighted by Gasteiger charge is 2.42.